The molecule has 20 heavy (non-hydrogen) atoms. The van der Waals surface area contributed by atoms with Gasteiger partial charge in [0, 0.05) is 5.39 Å². The van der Waals surface area contributed by atoms with Crippen LogP contribution < -0.4 is 0 Å². The fourth-order valence-electron chi connectivity index (χ4n) is 1.78. The Morgan fingerprint density at radius 3 is 2.50 bits per heavy atom. The molecule has 0 aliphatic heterocycles. The molecule has 0 N–H and O–H groups in total. The number of nitriles is 2. The van der Waals surface area contributed by atoms with Crippen LogP contribution in [0.2, 0.25) is 5.15 Å². The lowest BCUT2D eigenvalue weighted by atomic mass is 10.1. The summed E-state index contributed by atoms with van der Waals surface area (Å²) in [6.07, 6.45) is 0. The second-order valence-electron chi connectivity index (χ2n) is 3.76. The monoisotopic (exact) mass is 287 g/mol. The topological polar surface area (TPSA) is 69.7 Å². The molecule has 0 saturated carbocycles. The highest BCUT2D eigenvalue weighted by Gasteiger charge is 2.17. The van der Waals surface area contributed by atoms with E-state index in [4.69, 9.17) is 26.9 Å². The number of pyridine rings is 1. The molecule has 6 heteroatoms. The fourth-order valence-corrected chi connectivity index (χ4v) is 1.93. The molecule has 1 aromatic heterocycles. The van der Waals surface area contributed by atoms with Gasteiger partial charge in [-0.3, -0.25) is 0 Å². The van der Waals surface area contributed by atoms with Gasteiger partial charge in [-0.05, 0) is 18.2 Å². The number of benzene rings is 1. The van der Waals surface area contributed by atoms with Crippen LogP contribution in [0.1, 0.15) is 5.56 Å². The van der Waals surface area contributed by atoms with Gasteiger partial charge in [0.15, 0.2) is 17.1 Å². The van der Waals surface area contributed by atoms with E-state index in [1.165, 1.54) is 13.2 Å². The van der Waals surface area contributed by atoms with Crippen LogP contribution in [-0.4, -0.2) is 12.1 Å². The number of nitrogens with zero attached hydrogens (tertiary/aromatic N) is 3. The Balaban J connectivity index is 2.80. The first-order chi connectivity index (χ1) is 9.62. The fraction of sp³-hybridized carbons (Fsp3) is 0.0714. The molecular weight excluding hydrogens is 281 g/mol. The third-order valence-electron chi connectivity index (χ3n) is 2.67. The predicted octanol–water partition coefficient (Wildman–Crippen LogP) is 3.43. The van der Waals surface area contributed by atoms with Gasteiger partial charge < -0.3 is 4.74 Å². The van der Waals surface area contributed by atoms with Crippen molar-refractivity contribution in [3.8, 4) is 12.1 Å². The molecular formula is C14H7ClFN3O. The lowest BCUT2D eigenvalue weighted by Gasteiger charge is -2.09. The van der Waals surface area contributed by atoms with E-state index < -0.39 is 5.82 Å². The van der Waals surface area contributed by atoms with E-state index in [9.17, 15) is 4.39 Å². The van der Waals surface area contributed by atoms with Gasteiger partial charge in [-0.15, -0.1) is 0 Å². The second kappa shape index (κ2) is 5.56. The number of hydrogen-bond donors (Lipinski definition) is 0. The molecule has 0 fully saturated rings. The Morgan fingerprint density at radius 1 is 1.25 bits per heavy atom. The maximum absolute atomic E-state index is 14.5. The summed E-state index contributed by atoms with van der Waals surface area (Å²) in [4.78, 5) is 3.91. The number of methoxy groups -OCH3 is 1. The number of ether oxygens (including phenoxy) is 1. The highest BCUT2D eigenvalue weighted by atomic mass is 35.5. The molecule has 0 saturated heterocycles. The first kappa shape index (κ1) is 13.8. The Kier molecular flexibility index (Phi) is 3.84. The van der Waals surface area contributed by atoms with Crippen LogP contribution in [0.4, 0.5) is 4.39 Å². The highest BCUT2D eigenvalue weighted by molar-refractivity contribution is 6.29. The van der Waals surface area contributed by atoms with Crippen LogP contribution in [0.15, 0.2) is 29.8 Å². The van der Waals surface area contributed by atoms with Gasteiger partial charge >= 0.3 is 0 Å². The van der Waals surface area contributed by atoms with Crippen LogP contribution in [0.3, 0.4) is 0 Å². The first-order valence-corrected chi connectivity index (χ1v) is 5.83. The number of allylic oxidation sites excluding steroid dienone is 1. The maximum atomic E-state index is 14.5. The van der Waals surface area contributed by atoms with Gasteiger partial charge in [-0.2, -0.15) is 10.5 Å². The van der Waals surface area contributed by atoms with Crippen LogP contribution in [-0.2, 0) is 4.74 Å². The summed E-state index contributed by atoms with van der Waals surface area (Å²) in [6.45, 7) is 0. The minimum Gasteiger partial charge on any atom is -0.494 e. The highest BCUT2D eigenvalue weighted by Crippen LogP contribution is 2.28. The molecule has 0 aliphatic carbocycles. The molecule has 0 radical (unpaired) electrons. The summed E-state index contributed by atoms with van der Waals surface area (Å²) in [5.74, 6) is -0.818. The number of hydrogen-bond acceptors (Lipinski definition) is 4. The third-order valence-corrected chi connectivity index (χ3v) is 2.88. The van der Waals surface area contributed by atoms with E-state index in [0.717, 1.165) is 0 Å². The minimum absolute atomic E-state index is 0.00660. The molecule has 98 valence electrons. The molecule has 1 heterocycles. The molecule has 0 spiro atoms. The zero-order valence-corrected chi connectivity index (χ0v) is 11.1. The van der Waals surface area contributed by atoms with Crippen molar-refractivity contribution in [1.29, 1.82) is 10.5 Å². The normalized spacial score (nSPS) is 9.65. The summed E-state index contributed by atoms with van der Waals surface area (Å²) in [5, 5.41) is 18.4. The van der Waals surface area contributed by atoms with Crippen LogP contribution in [0.5, 0.6) is 0 Å². The van der Waals surface area contributed by atoms with E-state index in [1.54, 1.807) is 30.3 Å². The van der Waals surface area contributed by atoms with Crippen molar-refractivity contribution in [3.05, 3.63) is 46.4 Å². The smallest absolute Gasteiger partial charge is 0.172 e. The summed E-state index contributed by atoms with van der Waals surface area (Å²) >= 11 is 5.75. The average molecular weight is 288 g/mol. The van der Waals surface area contributed by atoms with Gasteiger partial charge in [0.05, 0.1) is 12.7 Å². The Morgan fingerprint density at radius 2 is 1.90 bits per heavy atom. The van der Waals surface area contributed by atoms with Gasteiger partial charge in [-0.25, -0.2) is 9.37 Å². The van der Waals surface area contributed by atoms with Crippen molar-refractivity contribution in [2.24, 2.45) is 0 Å². The molecule has 1 aromatic carbocycles. The zero-order valence-electron chi connectivity index (χ0n) is 10.3. The van der Waals surface area contributed by atoms with Gasteiger partial charge in [0.25, 0.3) is 0 Å². The summed E-state index contributed by atoms with van der Waals surface area (Å²) in [6, 6.07) is 9.56. The van der Waals surface area contributed by atoms with Crippen molar-refractivity contribution in [2.45, 2.75) is 0 Å². The molecule has 4 nitrogen and oxygen atoms in total. The van der Waals surface area contributed by atoms with Crippen molar-refractivity contribution in [1.82, 2.24) is 4.98 Å². The second-order valence-corrected chi connectivity index (χ2v) is 4.15. The Bertz CT molecular complexity index is 786. The van der Waals surface area contributed by atoms with Crippen LogP contribution in [0.25, 0.3) is 16.7 Å². The van der Waals surface area contributed by atoms with E-state index >= 15 is 0 Å². The van der Waals surface area contributed by atoms with Crippen molar-refractivity contribution < 1.29 is 9.13 Å². The van der Waals surface area contributed by atoms with Gasteiger partial charge in [0.1, 0.15) is 22.8 Å². The number of rotatable bonds is 2. The third kappa shape index (κ3) is 2.27. The summed E-state index contributed by atoms with van der Waals surface area (Å²) in [5.41, 5.74) is -0.263. The number of halogens is 2. The first-order valence-electron chi connectivity index (χ1n) is 5.46. The molecule has 0 bridgehead atoms. The molecule has 0 amide bonds. The van der Waals surface area contributed by atoms with Crippen molar-refractivity contribution in [2.75, 3.05) is 7.11 Å². The minimum atomic E-state index is -0.690. The maximum Gasteiger partial charge on any atom is 0.172 e. The Labute approximate surface area is 119 Å². The van der Waals surface area contributed by atoms with Crippen LogP contribution >= 0.6 is 11.6 Å². The summed E-state index contributed by atoms with van der Waals surface area (Å²) in [7, 11) is 1.26. The van der Waals surface area contributed by atoms with Crippen LogP contribution in [0, 0.1) is 28.5 Å². The van der Waals surface area contributed by atoms with E-state index in [1.807, 2.05) is 0 Å². The largest absolute Gasteiger partial charge is 0.494 e. The van der Waals surface area contributed by atoms with E-state index in [-0.39, 0.29) is 27.6 Å². The number of aromatic nitrogens is 1. The average Bonchev–Trinajstić information content (AvgIpc) is 2.46. The van der Waals surface area contributed by atoms with Gasteiger partial charge in [-0.1, -0.05) is 17.7 Å². The summed E-state index contributed by atoms with van der Waals surface area (Å²) < 4.78 is 19.4. The molecule has 2 rings (SSSR count). The molecule has 0 unspecified atom stereocenters. The quantitative estimate of drug-likeness (QED) is 0.482. The molecule has 0 aliphatic rings. The zero-order chi connectivity index (χ0) is 14.7. The molecule has 2 aromatic rings. The lowest BCUT2D eigenvalue weighted by molar-refractivity contribution is 0.366. The lowest BCUT2D eigenvalue weighted by Crippen LogP contribution is -1.98. The van der Waals surface area contributed by atoms with Crippen molar-refractivity contribution >= 4 is 28.3 Å². The van der Waals surface area contributed by atoms with Gasteiger partial charge in [0.2, 0.25) is 0 Å². The Hall–Kier alpha value is -2.63. The van der Waals surface area contributed by atoms with E-state index in [2.05, 4.69) is 4.98 Å². The predicted molar refractivity (Wildman–Crippen MR) is 71.9 cm³/mol. The van der Waals surface area contributed by atoms with Crippen molar-refractivity contribution in [3.63, 3.8) is 0 Å². The standard InChI is InChI=1S/C14H7ClFN3O/c1-20-14(9(6-17)7-18)10-4-2-8-3-5-11(15)19-13(8)12(10)16/h2-5H,1H3. The SMILES string of the molecule is COC(=C(C#N)C#N)c1ccc2ccc(Cl)nc2c1F. The van der Waals surface area contributed by atoms with E-state index in [0.29, 0.717) is 5.39 Å². The number of fused-ring (bicyclic) bond motifs is 1. The molecule has 0 atom stereocenters.